The van der Waals surface area contributed by atoms with E-state index in [9.17, 15) is 24.5 Å². The van der Waals surface area contributed by atoms with Gasteiger partial charge in [-0.1, -0.05) is 6.07 Å². The molecule has 13 heteroatoms. The topological polar surface area (TPSA) is 170 Å². The van der Waals surface area contributed by atoms with Crippen LogP contribution < -0.4 is 25.5 Å². The first-order valence-corrected chi connectivity index (χ1v) is 10.5. The van der Waals surface area contributed by atoms with Crippen LogP contribution in [-0.2, 0) is 14.3 Å². The minimum absolute atomic E-state index is 0.0558. The van der Waals surface area contributed by atoms with Crippen molar-refractivity contribution in [3.05, 3.63) is 75.0 Å². The first-order chi connectivity index (χ1) is 17.2. The number of ether oxygens (including phenoxy) is 3. The van der Waals surface area contributed by atoms with Crippen molar-refractivity contribution < 1.29 is 33.5 Å². The number of rotatable bonds is 9. The van der Waals surface area contributed by atoms with Gasteiger partial charge in [0.2, 0.25) is 0 Å². The molecule has 13 nitrogen and oxygen atoms in total. The average Bonchev–Trinajstić information content (AvgIpc) is 2.86. The number of methoxy groups -OCH3 is 2. The maximum absolute atomic E-state index is 12.3. The molecule has 0 unspecified atom stereocenters. The van der Waals surface area contributed by atoms with Crippen LogP contribution in [-0.4, -0.2) is 49.9 Å². The van der Waals surface area contributed by atoms with Crippen LogP contribution in [0.2, 0.25) is 0 Å². The van der Waals surface area contributed by atoms with E-state index in [1.807, 2.05) is 0 Å². The molecule has 0 radical (unpaired) electrons. The summed E-state index contributed by atoms with van der Waals surface area (Å²) in [6.07, 6.45) is 1.33. The van der Waals surface area contributed by atoms with Crippen molar-refractivity contribution in [2.75, 3.05) is 20.8 Å². The summed E-state index contributed by atoms with van der Waals surface area (Å²) in [6.45, 7) is 1.21. The lowest BCUT2D eigenvalue weighted by Gasteiger charge is -2.28. The number of esters is 1. The maximum Gasteiger partial charge on any atom is 0.337 e. The van der Waals surface area contributed by atoms with Crippen molar-refractivity contribution in [3.63, 3.8) is 0 Å². The Morgan fingerprint density at radius 2 is 1.89 bits per heavy atom. The number of carbonyl (C=O) groups is 3. The number of hydrogen-bond acceptors (Lipinski definition) is 9. The quantitative estimate of drug-likeness (QED) is 0.204. The van der Waals surface area contributed by atoms with Crippen LogP contribution in [0.5, 0.6) is 11.5 Å². The van der Waals surface area contributed by atoms with Gasteiger partial charge in [0.25, 0.3) is 11.6 Å². The smallest absolute Gasteiger partial charge is 0.337 e. The molecular formula is C23H23N5O8. The van der Waals surface area contributed by atoms with Crippen LogP contribution in [0.15, 0.2) is 58.8 Å². The van der Waals surface area contributed by atoms with E-state index < -0.39 is 28.9 Å². The fourth-order valence-corrected chi connectivity index (χ4v) is 3.34. The molecule has 0 aromatic heterocycles. The van der Waals surface area contributed by atoms with E-state index in [1.165, 1.54) is 44.7 Å². The van der Waals surface area contributed by atoms with Crippen molar-refractivity contribution >= 4 is 29.8 Å². The first kappa shape index (κ1) is 25.7. The third-order valence-electron chi connectivity index (χ3n) is 5.06. The highest BCUT2D eigenvalue weighted by Gasteiger charge is 2.32. The molecule has 1 aliphatic heterocycles. The second kappa shape index (κ2) is 11.5. The summed E-state index contributed by atoms with van der Waals surface area (Å²) in [6, 6.07) is 9.10. The van der Waals surface area contributed by atoms with Gasteiger partial charge in [-0.25, -0.2) is 15.0 Å². The molecule has 0 saturated heterocycles. The largest absolute Gasteiger partial charge is 0.493 e. The van der Waals surface area contributed by atoms with Gasteiger partial charge in [-0.15, -0.1) is 0 Å². The lowest BCUT2D eigenvalue weighted by Crippen LogP contribution is -2.45. The normalized spacial score (nSPS) is 15.1. The predicted molar refractivity (Wildman–Crippen MR) is 126 cm³/mol. The Labute approximate surface area is 205 Å². The number of amides is 3. The highest BCUT2D eigenvalue weighted by atomic mass is 16.6. The number of hydrazone groups is 1. The van der Waals surface area contributed by atoms with Gasteiger partial charge in [0.05, 0.1) is 37.0 Å². The second-order valence-corrected chi connectivity index (χ2v) is 7.40. The lowest BCUT2D eigenvalue weighted by atomic mass is 9.95. The molecule has 1 atom stereocenters. The number of allylic oxidation sites excluding steroid dienone is 1. The van der Waals surface area contributed by atoms with Crippen molar-refractivity contribution in [2.24, 2.45) is 5.10 Å². The van der Waals surface area contributed by atoms with Gasteiger partial charge in [0.15, 0.2) is 18.1 Å². The molecule has 2 aromatic carbocycles. The number of carbonyl (C=O) groups excluding carboxylic acids is 3. The van der Waals surface area contributed by atoms with Gasteiger partial charge in [-0.2, -0.15) is 5.10 Å². The van der Waals surface area contributed by atoms with Crippen molar-refractivity contribution in [3.8, 4) is 11.5 Å². The molecule has 3 N–H and O–H groups in total. The van der Waals surface area contributed by atoms with E-state index in [1.54, 1.807) is 25.1 Å². The number of non-ortho nitro benzene ring substituents is 1. The van der Waals surface area contributed by atoms with Crippen molar-refractivity contribution in [1.82, 2.24) is 16.1 Å². The molecule has 0 fully saturated rings. The average molecular weight is 497 g/mol. The number of hydrogen-bond donors (Lipinski definition) is 3. The van der Waals surface area contributed by atoms with Gasteiger partial charge in [0.1, 0.15) is 0 Å². The summed E-state index contributed by atoms with van der Waals surface area (Å²) < 4.78 is 15.7. The predicted octanol–water partition coefficient (Wildman–Crippen LogP) is 1.93. The standard InChI is InChI=1S/C23H23N5O8/c1-13-20(22(30)35-3)21(26-23(31)25-13)15-6-9-17(18(10-15)34-2)36-12-19(29)27-24-11-14-4-7-16(8-5-14)28(32)33/h4-11,21H,12H2,1-3H3,(H,27,29)(H2,25,26,31)/b24-11-/t21-/m1/s1. The molecule has 2 aromatic rings. The fourth-order valence-electron chi connectivity index (χ4n) is 3.34. The van der Waals surface area contributed by atoms with E-state index in [-0.39, 0.29) is 29.4 Å². The highest BCUT2D eigenvalue weighted by Crippen LogP contribution is 2.34. The number of nitrogens with zero attached hydrogens (tertiary/aromatic N) is 2. The SMILES string of the molecule is COC(=O)C1=C(C)NC(=O)N[C@@H]1c1ccc(OCC(=O)N/N=C\c2ccc([N+](=O)[O-])cc2)c(OC)c1. The summed E-state index contributed by atoms with van der Waals surface area (Å²) in [5, 5.41) is 19.7. The number of nitrogens with one attached hydrogen (secondary N) is 3. The zero-order valence-corrected chi connectivity index (χ0v) is 19.6. The van der Waals surface area contributed by atoms with E-state index in [4.69, 9.17) is 14.2 Å². The summed E-state index contributed by atoms with van der Waals surface area (Å²) in [4.78, 5) is 46.5. The van der Waals surface area contributed by atoms with Gasteiger partial charge in [-0.3, -0.25) is 14.9 Å². The summed E-state index contributed by atoms with van der Waals surface area (Å²) in [7, 11) is 2.65. The summed E-state index contributed by atoms with van der Waals surface area (Å²) >= 11 is 0. The van der Waals surface area contributed by atoms with Gasteiger partial charge in [0, 0.05) is 17.8 Å². The van der Waals surface area contributed by atoms with Gasteiger partial charge >= 0.3 is 12.0 Å². The molecule has 36 heavy (non-hydrogen) atoms. The van der Waals surface area contributed by atoms with Crippen LogP contribution >= 0.6 is 0 Å². The molecule has 3 amide bonds. The van der Waals surface area contributed by atoms with Crippen LogP contribution in [0.3, 0.4) is 0 Å². The molecule has 188 valence electrons. The van der Waals surface area contributed by atoms with Gasteiger partial charge in [-0.05, 0) is 42.3 Å². The van der Waals surface area contributed by atoms with E-state index in [0.717, 1.165) is 0 Å². The Morgan fingerprint density at radius 1 is 1.17 bits per heavy atom. The van der Waals surface area contributed by atoms with Crippen LogP contribution in [0.1, 0.15) is 24.1 Å². The zero-order chi connectivity index (χ0) is 26.2. The fraction of sp³-hybridized carbons (Fsp3) is 0.217. The molecule has 0 bridgehead atoms. The van der Waals surface area contributed by atoms with Crippen LogP contribution in [0, 0.1) is 10.1 Å². The minimum atomic E-state index is -0.786. The Bertz CT molecular complexity index is 1240. The number of urea groups is 1. The van der Waals surface area contributed by atoms with E-state index >= 15 is 0 Å². The monoisotopic (exact) mass is 497 g/mol. The third kappa shape index (κ3) is 6.14. The lowest BCUT2D eigenvalue weighted by molar-refractivity contribution is -0.384. The molecule has 0 spiro atoms. The Morgan fingerprint density at radius 3 is 2.53 bits per heavy atom. The first-order valence-electron chi connectivity index (χ1n) is 10.5. The molecule has 0 saturated carbocycles. The maximum atomic E-state index is 12.3. The molecule has 0 aliphatic carbocycles. The Hall–Kier alpha value is -4.94. The van der Waals surface area contributed by atoms with Crippen LogP contribution in [0.4, 0.5) is 10.5 Å². The second-order valence-electron chi connectivity index (χ2n) is 7.40. The van der Waals surface area contributed by atoms with Crippen molar-refractivity contribution in [1.29, 1.82) is 0 Å². The van der Waals surface area contributed by atoms with Gasteiger partial charge < -0.3 is 24.8 Å². The summed E-state index contributed by atoms with van der Waals surface area (Å²) in [5.41, 5.74) is 3.92. The Kier molecular flexibility index (Phi) is 8.18. The zero-order valence-electron chi connectivity index (χ0n) is 19.6. The minimum Gasteiger partial charge on any atom is -0.493 e. The highest BCUT2D eigenvalue weighted by molar-refractivity contribution is 5.95. The number of nitro benzene ring substituents is 1. The third-order valence-corrected chi connectivity index (χ3v) is 5.06. The van der Waals surface area contributed by atoms with E-state index in [2.05, 4.69) is 21.2 Å². The van der Waals surface area contributed by atoms with Crippen molar-refractivity contribution in [2.45, 2.75) is 13.0 Å². The summed E-state index contributed by atoms with van der Waals surface area (Å²) in [5.74, 6) is -0.646. The van der Waals surface area contributed by atoms with E-state index in [0.29, 0.717) is 16.8 Å². The Balaban J connectivity index is 1.65. The number of benzene rings is 2. The van der Waals surface area contributed by atoms with Crippen LogP contribution in [0.25, 0.3) is 0 Å². The number of nitro groups is 1. The molecule has 1 aliphatic rings. The molecule has 1 heterocycles. The molecule has 3 rings (SSSR count). The molecular weight excluding hydrogens is 474 g/mol.